The van der Waals surface area contributed by atoms with E-state index in [1.807, 2.05) is 38.1 Å². The van der Waals surface area contributed by atoms with Crippen LogP contribution in [-0.2, 0) is 11.4 Å². The van der Waals surface area contributed by atoms with Crippen molar-refractivity contribution in [2.24, 2.45) is 0 Å². The van der Waals surface area contributed by atoms with Crippen LogP contribution in [0, 0.1) is 19.7 Å². The highest BCUT2D eigenvalue weighted by atomic mass is 32.2. The Labute approximate surface area is 182 Å². The van der Waals surface area contributed by atoms with Gasteiger partial charge in [-0.15, -0.1) is 0 Å². The number of rotatable bonds is 5. The topological polar surface area (TPSA) is 55.6 Å². The maximum atomic E-state index is 13.2. The summed E-state index contributed by atoms with van der Waals surface area (Å²) in [6.45, 7) is 4.10. The summed E-state index contributed by atoms with van der Waals surface area (Å²) in [6, 6.07) is 13.1. The van der Waals surface area contributed by atoms with Crippen LogP contribution in [0.15, 0.2) is 58.0 Å². The first-order chi connectivity index (χ1) is 14.4. The van der Waals surface area contributed by atoms with E-state index in [1.54, 1.807) is 6.08 Å². The number of thioether (sulfide) groups is 1. The van der Waals surface area contributed by atoms with Gasteiger partial charge >= 0.3 is 0 Å². The van der Waals surface area contributed by atoms with Crippen LogP contribution in [0.5, 0.6) is 5.75 Å². The predicted octanol–water partition coefficient (Wildman–Crippen LogP) is 5.42. The molecule has 0 N–H and O–H groups in total. The Balaban J connectivity index is 1.46. The lowest BCUT2D eigenvalue weighted by Gasteiger charge is -2.14. The molecule has 0 radical (unpaired) electrons. The quantitative estimate of drug-likeness (QED) is 0.390. The first kappa shape index (κ1) is 20.3. The van der Waals surface area contributed by atoms with Gasteiger partial charge in [0.15, 0.2) is 4.32 Å². The Kier molecular flexibility index (Phi) is 5.69. The number of nitrogens with zero attached hydrogens (tertiary/aromatic N) is 2. The third kappa shape index (κ3) is 4.15. The van der Waals surface area contributed by atoms with Crippen LogP contribution in [0.1, 0.15) is 22.6 Å². The summed E-state index contributed by atoms with van der Waals surface area (Å²) < 4.78 is 24.5. The number of hydrogen-bond acceptors (Lipinski definition) is 6. The maximum absolute atomic E-state index is 13.2. The second kappa shape index (κ2) is 8.41. The van der Waals surface area contributed by atoms with Crippen molar-refractivity contribution < 1.29 is 18.4 Å². The lowest BCUT2D eigenvalue weighted by Crippen LogP contribution is -2.27. The number of carbonyl (C=O) groups is 1. The number of aromatic nitrogens is 1. The lowest BCUT2D eigenvalue weighted by molar-refractivity contribution is -0.113. The number of thiocarbonyl (C=S) groups is 1. The van der Waals surface area contributed by atoms with Gasteiger partial charge in [-0.25, -0.2) is 4.39 Å². The highest BCUT2D eigenvalue weighted by molar-refractivity contribution is 8.27. The van der Waals surface area contributed by atoms with Gasteiger partial charge in [-0.3, -0.25) is 9.69 Å². The number of benzene rings is 2. The highest BCUT2D eigenvalue weighted by Gasteiger charge is 2.33. The average molecular weight is 441 g/mol. The van der Waals surface area contributed by atoms with E-state index in [2.05, 4.69) is 5.16 Å². The summed E-state index contributed by atoms with van der Waals surface area (Å²) in [5.41, 5.74) is 3.14. The van der Waals surface area contributed by atoms with Gasteiger partial charge in [0.25, 0.3) is 5.91 Å². The minimum Gasteiger partial charge on any atom is -0.489 e. The second-order valence-electron chi connectivity index (χ2n) is 6.65. The molecule has 8 heteroatoms. The Morgan fingerprint density at radius 1 is 1.17 bits per heavy atom. The molecule has 1 amide bonds. The minimum atomic E-state index is -0.364. The largest absolute Gasteiger partial charge is 0.489 e. The van der Waals surface area contributed by atoms with Crippen molar-refractivity contribution in [1.29, 1.82) is 0 Å². The number of amides is 1. The smallest absolute Gasteiger partial charge is 0.270 e. The molecule has 0 aliphatic carbocycles. The van der Waals surface area contributed by atoms with E-state index in [9.17, 15) is 9.18 Å². The van der Waals surface area contributed by atoms with Crippen LogP contribution in [0.2, 0.25) is 0 Å². The van der Waals surface area contributed by atoms with E-state index in [0.717, 1.165) is 22.6 Å². The van der Waals surface area contributed by atoms with E-state index in [0.29, 0.717) is 27.3 Å². The molecule has 0 spiro atoms. The summed E-state index contributed by atoms with van der Waals surface area (Å²) in [5.74, 6) is 0.852. The van der Waals surface area contributed by atoms with E-state index in [4.69, 9.17) is 21.5 Å². The molecule has 1 saturated heterocycles. The summed E-state index contributed by atoms with van der Waals surface area (Å²) in [4.78, 5) is 14.7. The van der Waals surface area contributed by atoms with Gasteiger partial charge in [0.05, 0.1) is 21.8 Å². The molecule has 0 bridgehead atoms. The fourth-order valence-corrected chi connectivity index (χ4v) is 4.25. The molecule has 4 rings (SSSR count). The molecule has 0 saturated carbocycles. The van der Waals surface area contributed by atoms with Crippen molar-refractivity contribution in [2.75, 3.05) is 4.90 Å². The number of carbonyl (C=O) groups excluding carboxylic acids is 1. The third-order valence-electron chi connectivity index (χ3n) is 4.62. The molecule has 1 aliphatic heterocycles. The molecule has 3 aromatic rings. The van der Waals surface area contributed by atoms with Gasteiger partial charge < -0.3 is 9.26 Å². The van der Waals surface area contributed by atoms with Crippen molar-refractivity contribution in [2.45, 2.75) is 20.5 Å². The number of anilines is 1. The normalized spacial score (nSPS) is 15.3. The molecule has 5 nitrogen and oxygen atoms in total. The molecule has 0 atom stereocenters. The van der Waals surface area contributed by atoms with Crippen molar-refractivity contribution in [1.82, 2.24) is 5.16 Å². The van der Waals surface area contributed by atoms with E-state index >= 15 is 0 Å². The van der Waals surface area contributed by atoms with Crippen molar-refractivity contribution >= 4 is 46.0 Å². The summed E-state index contributed by atoms with van der Waals surface area (Å²) in [6.07, 6.45) is 1.78. The van der Waals surface area contributed by atoms with Crippen molar-refractivity contribution in [3.8, 4) is 5.75 Å². The van der Waals surface area contributed by atoms with Crippen molar-refractivity contribution in [3.63, 3.8) is 0 Å². The average Bonchev–Trinajstić information content (AvgIpc) is 3.20. The Morgan fingerprint density at radius 3 is 2.50 bits per heavy atom. The third-order valence-corrected chi connectivity index (χ3v) is 5.92. The summed E-state index contributed by atoms with van der Waals surface area (Å²) in [5, 5.41) is 3.92. The lowest BCUT2D eigenvalue weighted by atomic mass is 10.2. The molecule has 0 unspecified atom stereocenters. The molecular formula is C22H17FN2O3S2. The van der Waals surface area contributed by atoms with Crippen LogP contribution in [0.3, 0.4) is 0 Å². The fraction of sp³-hybridized carbons (Fsp3) is 0.136. The zero-order chi connectivity index (χ0) is 21.3. The highest BCUT2D eigenvalue weighted by Crippen LogP contribution is 2.36. The molecule has 1 aliphatic rings. The first-order valence-electron chi connectivity index (χ1n) is 9.10. The van der Waals surface area contributed by atoms with Crippen LogP contribution in [-0.4, -0.2) is 15.4 Å². The van der Waals surface area contributed by atoms with Gasteiger partial charge in [0, 0.05) is 0 Å². The molecule has 152 valence electrons. The Morgan fingerprint density at radius 2 is 1.87 bits per heavy atom. The van der Waals surface area contributed by atoms with E-state index in [-0.39, 0.29) is 11.7 Å². The van der Waals surface area contributed by atoms with Gasteiger partial charge in [-0.2, -0.15) is 0 Å². The minimum absolute atomic E-state index is 0.227. The van der Waals surface area contributed by atoms with E-state index in [1.165, 1.54) is 40.9 Å². The second-order valence-corrected chi connectivity index (χ2v) is 8.33. The summed E-state index contributed by atoms with van der Waals surface area (Å²) in [7, 11) is 0. The van der Waals surface area contributed by atoms with Crippen LogP contribution >= 0.6 is 24.0 Å². The first-order valence-corrected chi connectivity index (χ1v) is 10.3. The van der Waals surface area contributed by atoms with Crippen LogP contribution in [0.25, 0.3) is 6.08 Å². The van der Waals surface area contributed by atoms with Crippen LogP contribution in [0.4, 0.5) is 10.1 Å². The van der Waals surface area contributed by atoms with E-state index < -0.39 is 0 Å². The maximum Gasteiger partial charge on any atom is 0.270 e. The standard InChI is InChI=1S/C22H17FN2O3S2/c1-13-19(14(2)28-24-13)12-27-18-9-3-15(4-10-18)11-20-21(26)25(22(29)30-20)17-7-5-16(23)6-8-17/h3-11H,12H2,1-2H3/b20-11-. The monoisotopic (exact) mass is 440 g/mol. The zero-order valence-corrected chi connectivity index (χ0v) is 17.8. The Bertz CT molecular complexity index is 1120. The molecule has 1 aromatic heterocycles. The van der Waals surface area contributed by atoms with Crippen LogP contribution < -0.4 is 9.64 Å². The van der Waals surface area contributed by atoms with Gasteiger partial charge in [0.1, 0.15) is 23.9 Å². The molecule has 2 aromatic carbocycles. The predicted molar refractivity (Wildman–Crippen MR) is 119 cm³/mol. The molecule has 2 heterocycles. The zero-order valence-electron chi connectivity index (χ0n) is 16.2. The summed E-state index contributed by atoms with van der Waals surface area (Å²) >= 11 is 6.56. The fourth-order valence-electron chi connectivity index (χ4n) is 2.96. The number of halogens is 1. The Hall–Kier alpha value is -2.97. The number of ether oxygens (including phenoxy) is 1. The molecule has 30 heavy (non-hydrogen) atoms. The van der Waals surface area contributed by atoms with Gasteiger partial charge in [0.2, 0.25) is 0 Å². The molecule has 1 fully saturated rings. The van der Waals surface area contributed by atoms with Crippen molar-refractivity contribution in [3.05, 3.63) is 81.8 Å². The van der Waals surface area contributed by atoms with Gasteiger partial charge in [-0.05, 0) is 61.9 Å². The molecular weight excluding hydrogens is 423 g/mol. The number of hydrogen-bond donors (Lipinski definition) is 0. The van der Waals surface area contributed by atoms with Gasteiger partial charge in [-0.1, -0.05) is 41.3 Å². The number of aryl methyl sites for hydroxylation is 2. The SMILES string of the molecule is Cc1noc(C)c1COc1ccc(/C=C2\SC(=S)N(c3ccc(F)cc3)C2=O)cc1.